The van der Waals surface area contributed by atoms with Crippen molar-refractivity contribution in [2.45, 2.75) is 32.5 Å². The van der Waals surface area contributed by atoms with Crippen LogP contribution in [0.25, 0.3) is 0 Å². The van der Waals surface area contributed by atoms with Crippen LogP contribution in [0.4, 0.5) is 0 Å². The summed E-state index contributed by atoms with van der Waals surface area (Å²) in [4.78, 5) is 4.34. The molecule has 1 unspecified atom stereocenters. The fraction of sp³-hybridized carbons (Fsp3) is 0.375. The number of benzene rings is 2. The van der Waals surface area contributed by atoms with Gasteiger partial charge in [-0.05, 0) is 24.6 Å². The van der Waals surface area contributed by atoms with Gasteiger partial charge in [-0.3, -0.25) is 4.99 Å². The van der Waals surface area contributed by atoms with Crippen LogP contribution in [0.1, 0.15) is 23.1 Å². The number of aliphatic imine (C=N–C) groups is 1. The van der Waals surface area contributed by atoms with E-state index in [4.69, 9.17) is 14.2 Å². The summed E-state index contributed by atoms with van der Waals surface area (Å²) in [6, 6.07) is 14.2. The highest BCUT2D eigenvalue weighted by Gasteiger charge is 2.18. The zero-order valence-corrected chi connectivity index (χ0v) is 17.8. The van der Waals surface area contributed by atoms with Crippen molar-refractivity contribution in [2.24, 2.45) is 4.99 Å². The summed E-state index contributed by atoms with van der Waals surface area (Å²) in [7, 11) is 1.76. The predicted octanol–water partition coefficient (Wildman–Crippen LogP) is 3.59. The lowest BCUT2D eigenvalue weighted by Crippen LogP contribution is -2.36. The van der Waals surface area contributed by atoms with E-state index < -0.39 is 0 Å². The summed E-state index contributed by atoms with van der Waals surface area (Å²) in [5, 5.41) is 6.72. The van der Waals surface area contributed by atoms with Crippen LogP contribution in [0.3, 0.4) is 0 Å². The lowest BCUT2D eigenvalue weighted by molar-refractivity contribution is 0.140. The monoisotopic (exact) mass is 409 g/mol. The first-order valence-electron chi connectivity index (χ1n) is 10.3. The van der Waals surface area contributed by atoms with E-state index in [1.54, 1.807) is 13.1 Å². The number of nitrogens with zero attached hydrogens (tertiary/aromatic N) is 1. The second kappa shape index (κ2) is 11.3. The smallest absolute Gasteiger partial charge is 0.191 e. The minimum absolute atomic E-state index is 0.120. The van der Waals surface area contributed by atoms with Gasteiger partial charge in [0.05, 0.1) is 13.2 Å². The van der Waals surface area contributed by atoms with Crippen LogP contribution in [0.5, 0.6) is 11.5 Å². The van der Waals surface area contributed by atoms with Crippen molar-refractivity contribution in [2.75, 3.05) is 26.9 Å². The van der Waals surface area contributed by atoms with Gasteiger partial charge in [-0.1, -0.05) is 43.0 Å². The number of nitrogens with one attached hydrogen (secondary N) is 2. The van der Waals surface area contributed by atoms with Crippen LogP contribution in [0.15, 0.2) is 60.1 Å². The Kier molecular flexibility index (Phi) is 8.15. The number of hydrogen-bond donors (Lipinski definition) is 2. The van der Waals surface area contributed by atoms with Crippen LogP contribution in [-0.4, -0.2) is 38.9 Å². The van der Waals surface area contributed by atoms with E-state index in [2.05, 4.69) is 47.3 Å². The first-order valence-corrected chi connectivity index (χ1v) is 10.3. The van der Waals surface area contributed by atoms with Gasteiger partial charge >= 0.3 is 0 Å². The lowest BCUT2D eigenvalue weighted by atomic mass is 10.1. The van der Waals surface area contributed by atoms with Crippen LogP contribution < -0.4 is 20.1 Å². The molecular weight excluding hydrogens is 378 g/mol. The highest BCUT2D eigenvalue weighted by Crippen LogP contribution is 2.24. The molecule has 1 atom stereocenters. The Bertz CT molecular complexity index is 861. The third kappa shape index (κ3) is 6.26. The van der Waals surface area contributed by atoms with Gasteiger partial charge in [0.25, 0.3) is 0 Å². The fourth-order valence-electron chi connectivity index (χ4n) is 3.22. The third-order valence-electron chi connectivity index (χ3n) is 4.85. The summed E-state index contributed by atoms with van der Waals surface area (Å²) in [6.07, 6.45) is 2.79. The first kappa shape index (κ1) is 21.7. The number of hydrogen-bond acceptors (Lipinski definition) is 4. The molecule has 1 aliphatic heterocycles. The zero-order chi connectivity index (χ0) is 21.2. The van der Waals surface area contributed by atoms with Gasteiger partial charge in [-0.25, -0.2) is 0 Å². The van der Waals surface area contributed by atoms with E-state index in [0.717, 1.165) is 35.7 Å². The second-order valence-corrected chi connectivity index (χ2v) is 7.20. The molecule has 6 heteroatoms. The molecule has 2 aromatic carbocycles. The SMILES string of the molecule is C=CCOc1ccccc1CNC(=NC)NCc1ccc(C)cc1OC1CCOC1. The minimum atomic E-state index is 0.120. The van der Waals surface area contributed by atoms with Crippen LogP contribution >= 0.6 is 0 Å². The van der Waals surface area contributed by atoms with Crippen molar-refractivity contribution >= 4 is 5.96 Å². The summed E-state index contributed by atoms with van der Waals surface area (Å²) in [5.41, 5.74) is 3.32. The standard InChI is InChI=1S/C24H31N3O3/c1-4-12-29-22-8-6-5-7-19(22)15-26-24(25-3)27-16-20-10-9-18(2)14-23(20)30-21-11-13-28-17-21/h4-10,14,21H,1,11-13,15-17H2,2-3H3,(H2,25,26,27). The van der Waals surface area contributed by atoms with Crippen molar-refractivity contribution in [1.82, 2.24) is 10.6 Å². The van der Waals surface area contributed by atoms with Crippen molar-refractivity contribution in [3.05, 3.63) is 71.8 Å². The molecular formula is C24H31N3O3. The van der Waals surface area contributed by atoms with Crippen molar-refractivity contribution in [3.8, 4) is 11.5 Å². The number of ether oxygens (including phenoxy) is 3. The highest BCUT2D eigenvalue weighted by atomic mass is 16.5. The molecule has 6 nitrogen and oxygen atoms in total. The summed E-state index contributed by atoms with van der Waals surface area (Å²) in [5.74, 6) is 2.45. The molecule has 0 aromatic heterocycles. The first-order chi connectivity index (χ1) is 14.7. The molecule has 1 saturated heterocycles. The lowest BCUT2D eigenvalue weighted by Gasteiger charge is -2.18. The summed E-state index contributed by atoms with van der Waals surface area (Å²) < 4.78 is 17.4. The van der Waals surface area contributed by atoms with Gasteiger partial charge in [0.1, 0.15) is 24.2 Å². The maximum Gasteiger partial charge on any atom is 0.191 e. The largest absolute Gasteiger partial charge is 0.489 e. The van der Waals surface area contributed by atoms with Gasteiger partial charge < -0.3 is 24.8 Å². The van der Waals surface area contributed by atoms with Crippen molar-refractivity contribution in [3.63, 3.8) is 0 Å². The van der Waals surface area contributed by atoms with E-state index >= 15 is 0 Å². The van der Waals surface area contributed by atoms with Crippen LogP contribution in [-0.2, 0) is 17.8 Å². The molecule has 2 N–H and O–H groups in total. The van der Waals surface area contributed by atoms with E-state index in [1.165, 1.54) is 5.56 Å². The van der Waals surface area contributed by atoms with Gasteiger partial charge in [0.2, 0.25) is 0 Å². The van der Waals surface area contributed by atoms with E-state index in [1.807, 2.05) is 24.3 Å². The zero-order valence-electron chi connectivity index (χ0n) is 17.8. The van der Waals surface area contributed by atoms with Gasteiger partial charge in [-0.15, -0.1) is 0 Å². The molecule has 0 bridgehead atoms. The quantitative estimate of drug-likeness (QED) is 0.376. The molecule has 0 spiro atoms. The van der Waals surface area contributed by atoms with Gasteiger partial charge in [0.15, 0.2) is 5.96 Å². The molecule has 1 heterocycles. The molecule has 160 valence electrons. The summed E-state index contributed by atoms with van der Waals surface area (Å²) in [6.45, 7) is 8.88. The Balaban J connectivity index is 1.59. The number of para-hydroxylation sites is 1. The molecule has 3 rings (SSSR count). The average molecular weight is 410 g/mol. The van der Waals surface area contributed by atoms with E-state index in [9.17, 15) is 0 Å². The Hall–Kier alpha value is -2.99. The Morgan fingerprint density at radius 2 is 1.93 bits per heavy atom. The molecule has 0 amide bonds. The number of guanidine groups is 1. The third-order valence-corrected chi connectivity index (χ3v) is 4.85. The average Bonchev–Trinajstić information content (AvgIpc) is 3.27. The predicted molar refractivity (Wildman–Crippen MR) is 120 cm³/mol. The van der Waals surface area contributed by atoms with Crippen LogP contribution in [0, 0.1) is 6.92 Å². The van der Waals surface area contributed by atoms with E-state index in [-0.39, 0.29) is 6.10 Å². The summed E-state index contributed by atoms with van der Waals surface area (Å²) >= 11 is 0. The fourth-order valence-corrected chi connectivity index (χ4v) is 3.22. The maximum absolute atomic E-state index is 6.19. The Labute approximate surface area is 179 Å². The van der Waals surface area contributed by atoms with Crippen molar-refractivity contribution < 1.29 is 14.2 Å². The second-order valence-electron chi connectivity index (χ2n) is 7.20. The number of rotatable bonds is 9. The molecule has 0 radical (unpaired) electrons. The Morgan fingerprint density at radius 1 is 1.17 bits per heavy atom. The van der Waals surface area contributed by atoms with Crippen LogP contribution in [0.2, 0.25) is 0 Å². The van der Waals surface area contributed by atoms with Gasteiger partial charge in [-0.2, -0.15) is 0 Å². The van der Waals surface area contributed by atoms with Gasteiger partial charge in [0, 0.05) is 37.7 Å². The highest BCUT2D eigenvalue weighted by molar-refractivity contribution is 5.79. The molecule has 1 aliphatic rings. The van der Waals surface area contributed by atoms with E-state index in [0.29, 0.717) is 32.3 Å². The molecule has 30 heavy (non-hydrogen) atoms. The van der Waals surface area contributed by atoms with Crippen molar-refractivity contribution in [1.29, 1.82) is 0 Å². The topological polar surface area (TPSA) is 64.1 Å². The number of aryl methyl sites for hydroxylation is 1. The minimum Gasteiger partial charge on any atom is -0.489 e. The molecule has 1 fully saturated rings. The molecule has 2 aromatic rings. The molecule has 0 aliphatic carbocycles. The molecule has 0 saturated carbocycles. The Morgan fingerprint density at radius 3 is 2.63 bits per heavy atom. The maximum atomic E-state index is 6.19. The normalized spacial score (nSPS) is 16.2.